The summed E-state index contributed by atoms with van der Waals surface area (Å²) in [7, 11) is 3.10. The lowest BCUT2D eigenvalue weighted by Gasteiger charge is -2.27. The van der Waals surface area contributed by atoms with Gasteiger partial charge in [-0.05, 0) is 23.3 Å². The van der Waals surface area contributed by atoms with E-state index >= 15 is 0 Å². The van der Waals surface area contributed by atoms with Crippen molar-refractivity contribution in [3.63, 3.8) is 0 Å². The fraction of sp³-hybridized carbons (Fsp3) is 0.130. The Morgan fingerprint density at radius 1 is 0.931 bits per heavy atom. The minimum atomic E-state index is -1.89. The van der Waals surface area contributed by atoms with Crippen LogP contribution in [0.4, 0.5) is 0 Å². The van der Waals surface area contributed by atoms with Crippen LogP contribution in [0.3, 0.4) is 0 Å². The van der Waals surface area contributed by atoms with Gasteiger partial charge in [0, 0.05) is 11.6 Å². The molecule has 148 valence electrons. The van der Waals surface area contributed by atoms with Crippen molar-refractivity contribution in [2.24, 2.45) is 5.10 Å². The molecule has 0 aromatic heterocycles. The molecule has 0 atom stereocenters. The molecule has 0 bridgehead atoms. The van der Waals surface area contributed by atoms with Crippen LogP contribution in [0.25, 0.3) is 0 Å². The minimum Gasteiger partial charge on any atom is -0.497 e. The molecule has 29 heavy (non-hydrogen) atoms. The molecule has 0 heterocycles. The average Bonchev–Trinajstić information content (AvgIpc) is 2.79. The van der Waals surface area contributed by atoms with Crippen molar-refractivity contribution in [1.29, 1.82) is 0 Å². The summed E-state index contributed by atoms with van der Waals surface area (Å²) in [5, 5.41) is 15.4. The zero-order chi connectivity index (χ0) is 20.7. The van der Waals surface area contributed by atoms with Gasteiger partial charge in [0.2, 0.25) is 0 Å². The van der Waals surface area contributed by atoms with Crippen LogP contribution in [0, 0.1) is 0 Å². The zero-order valence-corrected chi connectivity index (χ0v) is 16.2. The third-order valence-electron chi connectivity index (χ3n) is 4.52. The third-order valence-corrected chi connectivity index (χ3v) is 4.52. The first kappa shape index (κ1) is 20.1. The highest BCUT2D eigenvalue weighted by atomic mass is 16.5. The average molecular weight is 390 g/mol. The highest BCUT2D eigenvalue weighted by Crippen LogP contribution is 2.30. The van der Waals surface area contributed by atoms with Gasteiger partial charge in [0.05, 0.1) is 20.4 Å². The lowest BCUT2D eigenvalue weighted by molar-refractivity contribution is -0.136. The van der Waals surface area contributed by atoms with E-state index in [1.807, 2.05) is 12.1 Å². The van der Waals surface area contributed by atoms with E-state index in [0.29, 0.717) is 28.2 Å². The first-order valence-electron chi connectivity index (χ1n) is 8.98. The predicted molar refractivity (Wildman–Crippen MR) is 111 cm³/mol. The second kappa shape index (κ2) is 9.03. The Kier molecular flexibility index (Phi) is 6.26. The van der Waals surface area contributed by atoms with E-state index in [0.717, 1.165) is 0 Å². The van der Waals surface area contributed by atoms with Crippen LogP contribution >= 0.6 is 0 Å². The predicted octanol–water partition coefficient (Wildman–Crippen LogP) is 3.09. The molecule has 0 radical (unpaired) electrons. The number of hydrazone groups is 1. The lowest BCUT2D eigenvalue weighted by atomic mass is 9.85. The summed E-state index contributed by atoms with van der Waals surface area (Å²) < 4.78 is 10.5. The number of carbonyl (C=O) groups is 1. The van der Waals surface area contributed by atoms with Gasteiger partial charge in [-0.25, -0.2) is 5.43 Å². The molecule has 0 aliphatic carbocycles. The zero-order valence-electron chi connectivity index (χ0n) is 16.2. The molecular weight excluding hydrogens is 368 g/mol. The van der Waals surface area contributed by atoms with Crippen molar-refractivity contribution < 1.29 is 19.4 Å². The van der Waals surface area contributed by atoms with Crippen LogP contribution < -0.4 is 14.9 Å². The van der Waals surface area contributed by atoms with Crippen LogP contribution in [-0.4, -0.2) is 31.4 Å². The molecule has 1 amide bonds. The van der Waals surface area contributed by atoms with Gasteiger partial charge in [0.15, 0.2) is 5.60 Å². The Hall–Kier alpha value is -3.64. The number of carbonyl (C=O) groups excluding carboxylic acids is 1. The Morgan fingerprint density at radius 2 is 1.52 bits per heavy atom. The number of nitrogens with one attached hydrogen (secondary N) is 1. The number of methoxy groups -OCH3 is 2. The van der Waals surface area contributed by atoms with Crippen molar-refractivity contribution in [3.05, 3.63) is 95.6 Å². The molecule has 0 saturated carbocycles. The Labute approximate surface area is 169 Å². The Balaban J connectivity index is 1.88. The highest BCUT2D eigenvalue weighted by molar-refractivity contribution is 5.91. The molecule has 0 aliphatic heterocycles. The van der Waals surface area contributed by atoms with Crippen LogP contribution in [0.5, 0.6) is 11.5 Å². The fourth-order valence-electron chi connectivity index (χ4n) is 2.95. The summed E-state index contributed by atoms with van der Waals surface area (Å²) in [6.07, 6.45) is 1.45. The van der Waals surface area contributed by atoms with Crippen molar-refractivity contribution in [2.45, 2.75) is 5.60 Å². The van der Waals surface area contributed by atoms with Gasteiger partial charge in [0.25, 0.3) is 5.91 Å². The van der Waals surface area contributed by atoms with Gasteiger partial charge >= 0.3 is 0 Å². The minimum absolute atomic E-state index is 0.445. The van der Waals surface area contributed by atoms with E-state index in [9.17, 15) is 9.90 Å². The van der Waals surface area contributed by atoms with Crippen molar-refractivity contribution in [1.82, 2.24) is 5.43 Å². The summed E-state index contributed by atoms with van der Waals surface area (Å²) >= 11 is 0. The highest BCUT2D eigenvalue weighted by Gasteiger charge is 2.39. The monoisotopic (exact) mass is 390 g/mol. The van der Waals surface area contributed by atoms with Gasteiger partial charge in [-0.2, -0.15) is 5.10 Å². The molecule has 6 nitrogen and oxygen atoms in total. The summed E-state index contributed by atoms with van der Waals surface area (Å²) in [5.41, 5.74) is 2.10. The van der Waals surface area contributed by atoms with Crippen molar-refractivity contribution >= 4 is 12.1 Å². The van der Waals surface area contributed by atoms with E-state index < -0.39 is 11.5 Å². The number of aliphatic hydroxyl groups is 1. The normalized spacial score (nSPS) is 11.3. The lowest BCUT2D eigenvalue weighted by Crippen LogP contribution is -2.43. The molecule has 0 aliphatic rings. The third kappa shape index (κ3) is 4.28. The molecule has 0 spiro atoms. The first-order valence-corrected chi connectivity index (χ1v) is 8.98. The van der Waals surface area contributed by atoms with Gasteiger partial charge in [-0.1, -0.05) is 60.7 Å². The molecule has 2 N–H and O–H groups in total. The maximum absolute atomic E-state index is 13.0. The van der Waals surface area contributed by atoms with E-state index in [1.54, 1.807) is 73.8 Å². The quantitative estimate of drug-likeness (QED) is 0.480. The number of ether oxygens (including phenoxy) is 2. The maximum Gasteiger partial charge on any atom is 0.281 e. The smallest absolute Gasteiger partial charge is 0.281 e. The van der Waals surface area contributed by atoms with E-state index in [1.165, 1.54) is 13.3 Å². The van der Waals surface area contributed by atoms with Crippen molar-refractivity contribution in [3.8, 4) is 11.5 Å². The first-order chi connectivity index (χ1) is 14.1. The molecular formula is C23H22N2O4. The van der Waals surface area contributed by atoms with Gasteiger partial charge < -0.3 is 14.6 Å². The number of rotatable bonds is 7. The van der Waals surface area contributed by atoms with Crippen LogP contribution in [0.2, 0.25) is 0 Å². The van der Waals surface area contributed by atoms with E-state index in [4.69, 9.17) is 9.47 Å². The van der Waals surface area contributed by atoms with Gasteiger partial charge in [-0.15, -0.1) is 0 Å². The van der Waals surface area contributed by atoms with Crippen LogP contribution in [0.15, 0.2) is 84.0 Å². The van der Waals surface area contributed by atoms with Crippen LogP contribution in [-0.2, 0) is 10.4 Å². The van der Waals surface area contributed by atoms with Gasteiger partial charge in [-0.3, -0.25) is 4.79 Å². The molecule has 6 heteroatoms. The molecule has 3 aromatic rings. The topological polar surface area (TPSA) is 80.2 Å². The summed E-state index contributed by atoms with van der Waals surface area (Å²) in [6, 6.07) is 22.7. The largest absolute Gasteiger partial charge is 0.497 e. The number of amides is 1. The van der Waals surface area contributed by atoms with E-state index in [-0.39, 0.29) is 0 Å². The molecule has 0 fully saturated rings. The number of benzene rings is 3. The number of nitrogens with zero attached hydrogens (tertiary/aromatic N) is 1. The number of hydrogen-bond acceptors (Lipinski definition) is 5. The van der Waals surface area contributed by atoms with Crippen LogP contribution in [0.1, 0.15) is 16.7 Å². The fourth-order valence-corrected chi connectivity index (χ4v) is 2.95. The second-order valence-electron chi connectivity index (χ2n) is 6.25. The Bertz CT molecular complexity index is 949. The maximum atomic E-state index is 13.0. The Morgan fingerprint density at radius 3 is 2.03 bits per heavy atom. The summed E-state index contributed by atoms with van der Waals surface area (Å²) in [4.78, 5) is 13.0. The standard InChI is InChI=1S/C23H22N2O4/c1-28-20-14-13-17(21(15-20)29-2)16-24-25-22(26)23(27,18-9-5-3-6-10-18)19-11-7-4-8-12-19/h3-16,27H,1-2H3,(H,25,26)/b24-16-. The summed E-state index contributed by atoms with van der Waals surface area (Å²) in [5.74, 6) is 0.521. The molecule has 0 unspecified atom stereocenters. The SMILES string of the molecule is COc1ccc(/C=N\NC(=O)C(O)(c2ccccc2)c2ccccc2)c(OC)c1. The molecule has 0 saturated heterocycles. The molecule has 3 rings (SSSR count). The van der Waals surface area contributed by atoms with E-state index in [2.05, 4.69) is 10.5 Å². The number of hydrogen-bond donors (Lipinski definition) is 2. The van der Waals surface area contributed by atoms with Gasteiger partial charge in [0.1, 0.15) is 11.5 Å². The second-order valence-corrected chi connectivity index (χ2v) is 6.25. The summed E-state index contributed by atoms with van der Waals surface area (Å²) in [6.45, 7) is 0. The van der Waals surface area contributed by atoms with Crippen molar-refractivity contribution in [2.75, 3.05) is 14.2 Å². The molecule has 3 aromatic carbocycles.